The number of hydrogen-bond donors (Lipinski definition) is 2. The topological polar surface area (TPSA) is 58.6 Å². The highest BCUT2D eigenvalue weighted by molar-refractivity contribution is 5.75. The predicted molar refractivity (Wildman–Crippen MR) is 134 cm³/mol. The average molecular weight is 452 g/mol. The molecule has 2 N–H and O–H groups in total. The molecule has 4 nitrogen and oxygen atoms in total. The molecule has 0 heterocycles. The highest BCUT2D eigenvalue weighted by Gasteiger charge is 2.41. The minimum Gasteiger partial charge on any atom is -0.480 e. The summed E-state index contributed by atoms with van der Waals surface area (Å²) >= 11 is 0. The van der Waals surface area contributed by atoms with Gasteiger partial charge in [0.15, 0.2) is 0 Å². The third-order valence-corrected chi connectivity index (χ3v) is 6.08. The number of ether oxygens (including phenoxy) is 1. The molecule has 34 heavy (non-hydrogen) atoms. The van der Waals surface area contributed by atoms with E-state index in [-0.39, 0.29) is 0 Å². The molecule has 0 fully saturated rings. The third-order valence-electron chi connectivity index (χ3n) is 6.08. The van der Waals surface area contributed by atoms with Crippen LogP contribution < -0.4 is 5.32 Å². The van der Waals surface area contributed by atoms with Gasteiger partial charge in [0.05, 0.1) is 18.2 Å². The fraction of sp³-hybridized carbons (Fsp3) is 0.167. The second kappa shape index (κ2) is 10.9. The summed E-state index contributed by atoms with van der Waals surface area (Å²) in [6, 6.07) is 38.7. The van der Waals surface area contributed by atoms with Gasteiger partial charge in [-0.2, -0.15) is 0 Å². The molecular weight excluding hydrogens is 422 g/mol. The highest BCUT2D eigenvalue weighted by atomic mass is 16.5. The van der Waals surface area contributed by atoms with Crippen molar-refractivity contribution < 1.29 is 14.6 Å². The first-order chi connectivity index (χ1) is 16.6. The van der Waals surface area contributed by atoms with Gasteiger partial charge in [-0.3, -0.25) is 10.1 Å². The Balaban J connectivity index is 1.78. The Hall–Kier alpha value is -3.73. The summed E-state index contributed by atoms with van der Waals surface area (Å²) in [7, 11) is 0. The lowest BCUT2D eigenvalue weighted by molar-refractivity contribution is -0.144. The van der Waals surface area contributed by atoms with Crippen molar-refractivity contribution >= 4 is 5.97 Å². The van der Waals surface area contributed by atoms with Crippen molar-refractivity contribution in [3.05, 3.63) is 144 Å². The van der Waals surface area contributed by atoms with E-state index in [0.717, 1.165) is 22.3 Å². The number of hydrogen-bond acceptors (Lipinski definition) is 3. The van der Waals surface area contributed by atoms with Gasteiger partial charge in [0.2, 0.25) is 0 Å². The maximum atomic E-state index is 12.6. The van der Waals surface area contributed by atoms with Crippen LogP contribution in [0.15, 0.2) is 121 Å². The molecule has 0 bridgehead atoms. The van der Waals surface area contributed by atoms with E-state index in [1.807, 2.05) is 121 Å². The number of carboxylic acid groups (broad SMARTS) is 1. The Labute approximate surface area is 200 Å². The summed E-state index contributed by atoms with van der Waals surface area (Å²) in [5.41, 5.74) is 2.97. The van der Waals surface area contributed by atoms with Gasteiger partial charge in [-0.05, 0) is 29.2 Å². The molecule has 172 valence electrons. The first-order valence-electron chi connectivity index (χ1n) is 11.4. The van der Waals surface area contributed by atoms with Crippen LogP contribution in [0.1, 0.15) is 29.2 Å². The van der Waals surface area contributed by atoms with Crippen LogP contribution in [0.4, 0.5) is 0 Å². The maximum Gasteiger partial charge on any atom is 0.323 e. The SMILES string of the molecule is C[C@@H](OCc1ccccc1)[C@H](NC(c1ccccc1)(c1ccccc1)c1ccccc1)C(=O)O. The van der Waals surface area contributed by atoms with Crippen LogP contribution in [0.25, 0.3) is 0 Å². The van der Waals surface area contributed by atoms with Crippen LogP contribution in [-0.4, -0.2) is 23.2 Å². The molecule has 2 atom stereocenters. The predicted octanol–water partition coefficient (Wildman–Crippen LogP) is 5.63. The van der Waals surface area contributed by atoms with Gasteiger partial charge in [-0.15, -0.1) is 0 Å². The molecule has 4 rings (SSSR count). The lowest BCUT2D eigenvalue weighted by Gasteiger charge is -2.40. The Morgan fingerprint density at radius 3 is 1.50 bits per heavy atom. The number of nitrogens with one attached hydrogen (secondary N) is 1. The van der Waals surface area contributed by atoms with E-state index in [0.29, 0.717) is 6.61 Å². The smallest absolute Gasteiger partial charge is 0.323 e. The molecule has 0 aliphatic heterocycles. The fourth-order valence-corrected chi connectivity index (χ4v) is 4.33. The second-order valence-electron chi connectivity index (χ2n) is 8.31. The van der Waals surface area contributed by atoms with Crippen molar-refractivity contribution in [1.29, 1.82) is 0 Å². The van der Waals surface area contributed by atoms with Crippen molar-refractivity contribution in [2.75, 3.05) is 0 Å². The zero-order valence-corrected chi connectivity index (χ0v) is 19.2. The van der Waals surface area contributed by atoms with Gasteiger partial charge in [-0.25, -0.2) is 0 Å². The van der Waals surface area contributed by atoms with Crippen LogP contribution >= 0.6 is 0 Å². The van der Waals surface area contributed by atoms with Crippen molar-refractivity contribution in [2.24, 2.45) is 0 Å². The van der Waals surface area contributed by atoms with Crippen molar-refractivity contribution in [2.45, 2.75) is 31.2 Å². The minimum absolute atomic E-state index is 0.336. The molecule has 0 amide bonds. The third kappa shape index (κ3) is 5.09. The lowest BCUT2D eigenvalue weighted by atomic mass is 9.76. The van der Waals surface area contributed by atoms with E-state index in [1.165, 1.54) is 0 Å². The van der Waals surface area contributed by atoms with Crippen LogP contribution in [0.3, 0.4) is 0 Å². The summed E-state index contributed by atoms with van der Waals surface area (Å²) < 4.78 is 6.06. The van der Waals surface area contributed by atoms with E-state index in [9.17, 15) is 9.90 Å². The summed E-state index contributed by atoms with van der Waals surface area (Å²) in [5, 5.41) is 13.8. The number of benzene rings is 4. The van der Waals surface area contributed by atoms with E-state index in [4.69, 9.17) is 4.74 Å². The summed E-state index contributed by atoms with van der Waals surface area (Å²) in [6.07, 6.45) is -0.590. The zero-order valence-electron chi connectivity index (χ0n) is 19.2. The quantitative estimate of drug-likeness (QED) is 0.307. The van der Waals surface area contributed by atoms with Gasteiger partial charge in [0.1, 0.15) is 6.04 Å². The summed E-state index contributed by atoms with van der Waals surface area (Å²) in [4.78, 5) is 12.6. The van der Waals surface area contributed by atoms with E-state index in [2.05, 4.69) is 5.32 Å². The first kappa shape index (κ1) is 23.4. The van der Waals surface area contributed by atoms with Crippen molar-refractivity contribution in [3.8, 4) is 0 Å². The number of rotatable bonds is 10. The molecule has 0 spiro atoms. The Bertz CT molecular complexity index is 1070. The fourth-order valence-electron chi connectivity index (χ4n) is 4.33. The molecular formula is C30H29NO3. The standard InChI is InChI=1S/C30H29NO3/c1-23(34-22-24-14-6-2-7-15-24)28(29(32)33)31-30(25-16-8-3-9-17-25,26-18-10-4-11-19-26)27-20-12-5-13-21-27/h2-21,23,28,31H,22H2,1H3,(H,32,33)/t23-,28+/m1/s1. The first-order valence-corrected chi connectivity index (χ1v) is 11.4. The van der Waals surface area contributed by atoms with Gasteiger partial charge in [-0.1, -0.05) is 121 Å². The molecule has 0 saturated heterocycles. The largest absolute Gasteiger partial charge is 0.480 e. The van der Waals surface area contributed by atoms with E-state index < -0.39 is 23.7 Å². The van der Waals surface area contributed by atoms with E-state index in [1.54, 1.807) is 6.92 Å². The number of aliphatic carboxylic acids is 1. The Morgan fingerprint density at radius 1 is 0.735 bits per heavy atom. The second-order valence-corrected chi connectivity index (χ2v) is 8.31. The Kier molecular flexibility index (Phi) is 7.53. The molecule has 4 heteroatoms. The minimum atomic E-state index is -0.968. The Morgan fingerprint density at radius 2 is 1.12 bits per heavy atom. The maximum absolute atomic E-state index is 12.6. The van der Waals surface area contributed by atoms with E-state index >= 15 is 0 Å². The monoisotopic (exact) mass is 451 g/mol. The van der Waals surface area contributed by atoms with Gasteiger partial charge in [0.25, 0.3) is 0 Å². The molecule has 0 radical (unpaired) electrons. The zero-order chi connectivity index (χ0) is 23.8. The molecule has 4 aromatic rings. The van der Waals surface area contributed by atoms with Crippen molar-refractivity contribution in [1.82, 2.24) is 5.32 Å². The molecule has 0 saturated carbocycles. The molecule has 0 aromatic heterocycles. The summed E-state index contributed by atoms with van der Waals surface area (Å²) in [5.74, 6) is -0.965. The number of carbonyl (C=O) groups is 1. The van der Waals surface area contributed by atoms with Crippen LogP contribution in [0.5, 0.6) is 0 Å². The lowest BCUT2D eigenvalue weighted by Crippen LogP contribution is -2.56. The molecule has 0 unspecified atom stereocenters. The van der Waals surface area contributed by atoms with Crippen LogP contribution in [0.2, 0.25) is 0 Å². The van der Waals surface area contributed by atoms with Crippen LogP contribution in [-0.2, 0) is 21.7 Å². The molecule has 0 aliphatic rings. The highest BCUT2D eigenvalue weighted by Crippen LogP contribution is 2.37. The van der Waals surface area contributed by atoms with Crippen LogP contribution in [0, 0.1) is 0 Å². The molecule has 0 aliphatic carbocycles. The van der Waals surface area contributed by atoms with Crippen molar-refractivity contribution in [3.63, 3.8) is 0 Å². The van der Waals surface area contributed by atoms with Gasteiger partial charge >= 0.3 is 5.97 Å². The summed E-state index contributed by atoms with van der Waals surface area (Å²) in [6.45, 7) is 2.14. The molecule has 4 aromatic carbocycles. The normalized spacial score (nSPS) is 13.2. The average Bonchev–Trinajstić information content (AvgIpc) is 2.90. The van der Waals surface area contributed by atoms with Gasteiger partial charge < -0.3 is 9.84 Å². The number of carboxylic acids is 1. The van der Waals surface area contributed by atoms with Gasteiger partial charge in [0, 0.05) is 0 Å².